The third-order valence-electron chi connectivity index (χ3n) is 3.59. The monoisotopic (exact) mass is 280 g/mol. The zero-order valence-electron chi connectivity index (χ0n) is 11.5. The van der Waals surface area contributed by atoms with Gasteiger partial charge in [0.25, 0.3) is 0 Å². The van der Waals surface area contributed by atoms with Crippen molar-refractivity contribution in [3.63, 3.8) is 0 Å². The predicted molar refractivity (Wildman–Crippen MR) is 79.7 cm³/mol. The maximum absolute atomic E-state index is 12.1. The molecule has 2 rings (SSSR count). The molecule has 1 unspecified atom stereocenters. The third-order valence-corrected chi connectivity index (χ3v) is 3.92. The molecule has 1 aromatic rings. The van der Waals surface area contributed by atoms with Crippen molar-refractivity contribution in [3.8, 4) is 0 Å². The smallest absolute Gasteiger partial charge is 0.242 e. The number of benzene rings is 1. The van der Waals surface area contributed by atoms with Crippen molar-refractivity contribution in [1.82, 2.24) is 5.32 Å². The van der Waals surface area contributed by atoms with Crippen LogP contribution in [0, 0.1) is 6.92 Å². The zero-order valence-corrected chi connectivity index (χ0v) is 12.3. The van der Waals surface area contributed by atoms with E-state index in [9.17, 15) is 4.79 Å². The van der Waals surface area contributed by atoms with Crippen LogP contribution in [-0.4, -0.2) is 18.0 Å². The first-order valence-electron chi connectivity index (χ1n) is 6.89. The number of nitrogens with one attached hydrogen (secondary N) is 2. The lowest BCUT2D eigenvalue weighted by atomic mass is 10.2. The highest BCUT2D eigenvalue weighted by atomic mass is 35.5. The molecule has 1 aliphatic carbocycles. The average molecular weight is 281 g/mol. The first-order chi connectivity index (χ1) is 9.06. The molecule has 104 valence electrons. The number of carbonyl (C=O) groups excluding carboxylic acids is 1. The van der Waals surface area contributed by atoms with Crippen molar-refractivity contribution in [2.24, 2.45) is 0 Å². The molecule has 0 aliphatic heterocycles. The summed E-state index contributed by atoms with van der Waals surface area (Å²) in [6.45, 7) is 3.87. The minimum atomic E-state index is -0.278. The van der Waals surface area contributed by atoms with Gasteiger partial charge in [-0.3, -0.25) is 4.79 Å². The average Bonchev–Trinajstić information content (AvgIpc) is 2.86. The van der Waals surface area contributed by atoms with Crippen LogP contribution < -0.4 is 10.6 Å². The Morgan fingerprint density at radius 1 is 1.37 bits per heavy atom. The summed E-state index contributed by atoms with van der Waals surface area (Å²) < 4.78 is 0. The number of anilines is 1. The molecule has 0 saturated heterocycles. The van der Waals surface area contributed by atoms with E-state index in [1.807, 2.05) is 32.0 Å². The Balaban J connectivity index is 1.93. The number of aryl methyl sites for hydroxylation is 1. The Labute approximate surface area is 119 Å². The normalized spacial score (nSPS) is 17.2. The molecule has 19 heavy (non-hydrogen) atoms. The number of rotatable bonds is 4. The summed E-state index contributed by atoms with van der Waals surface area (Å²) in [6, 6.07) is 5.84. The number of carbonyl (C=O) groups is 1. The van der Waals surface area contributed by atoms with Crippen LogP contribution in [0.4, 0.5) is 5.69 Å². The van der Waals surface area contributed by atoms with Crippen molar-refractivity contribution in [1.29, 1.82) is 0 Å². The van der Waals surface area contributed by atoms with E-state index in [4.69, 9.17) is 11.6 Å². The molecule has 0 heterocycles. The molecule has 1 aliphatic rings. The van der Waals surface area contributed by atoms with Gasteiger partial charge in [0.2, 0.25) is 5.91 Å². The first kappa shape index (κ1) is 14.2. The Kier molecular flexibility index (Phi) is 4.70. The molecule has 1 aromatic carbocycles. The lowest BCUT2D eigenvalue weighted by Gasteiger charge is -2.19. The highest BCUT2D eigenvalue weighted by molar-refractivity contribution is 6.33. The number of halogens is 1. The maximum Gasteiger partial charge on any atom is 0.242 e. The third kappa shape index (κ3) is 3.87. The van der Waals surface area contributed by atoms with Gasteiger partial charge in [0.1, 0.15) is 6.04 Å². The van der Waals surface area contributed by atoms with Gasteiger partial charge in [-0.05, 0) is 44.4 Å². The van der Waals surface area contributed by atoms with Crippen LogP contribution in [0.2, 0.25) is 5.02 Å². The van der Waals surface area contributed by atoms with E-state index in [0.717, 1.165) is 24.1 Å². The van der Waals surface area contributed by atoms with Crippen LogP contribution in [0.5, 0.6) is 0 Å². The molecule has 0 radical (unpaired) electrons. The lowest BCUT2D eigenvalue weighted by Crippen LogP contribution is -2.42. The molecule has 1 saturated carbocycles. The van der Waals surface area contributed by atoms with Gasteiger partial charge < -0.3 is 10.6 Å². The molecule has 1 fully saturated rings. The van der Waals surface area contributed by atoms with E-state index in [1.54, 1.807) is 0 Å². The molecule has 0 bridgehead atoms. The SMILES string of the molecule is Cc1ccc(Cl)c(NC(C)C(=O)NC2CCCC2)c1. The summed E-state index contributed by atoms with van der Waals surface area (Å²) in [7, 11) is 0. The van der Waals surface area contributed by atoms with Crippen LogP contribution in [0.15, 0.2) is 18.2 Å². The topological polar surface area (TPSA) is 41.1 Å². The van der Waals surface area contributed by atoms with Crippen molar-refractivity contribution in [3.05, 3.63) is 28.8 Å². The molecule has 4 heteroatoms. The molecule has 0 aromatic heterocycles. The summed E-state index contributed by atoms with van der Waals surface area (Å²) in [5, 5.41) is 6.91. The van der Waals surface area contributed by atoms with Gasteiger partial charge in [0, 0.05) is 6.04 Å². The largest absolute Gasteiger partial charge is 0.373 e. The standard InChI is InChI=1S/C15H21ClN2O/c1-10-7-8-13(16)14(9-10)17-11(2)15(19)18-12-5-3-4-6-12/h7-9,11-12,17H,3-6H2,1-2H3,(H,18,19). The van der Waals surface area contributed by atoms with E-state index in [-0.39, 0.29) is 11.9 Å². The Morgan fingerprint density at radius 3 is 2.74 bits per heavy atom. The Bertz CT molecular complexity index is 455. The molecule has 2 N–H and O–H groups in total. The molecule has 0 spiro atoms. The first-order valence-corrected chi connectivity index (χ1v) is 7.27. The highest BCUT2D eigenvalue weighted by Gasteiger charge is 2.20. The van der Waals surface area contributed by atoms with Gasteiger partial charge in [-0.1, -0.05) is 30.5 Å². The molecule has 1 amide bonds. The number of hydrogen-bond acceptors (Lipinski definition) is 2. The second-order valence-electron chi connectivity index (χ2n) is 5.34. The van der Waals surface area contributed by atoms with Crippen LogP contribution in [0.3, 0.4) is 0 Å². The summed E-state index contributed by atoms with van der Waals surface area (Å²) in [4.78, 5) is 12.1. The van der Waals surface area contributed by atoms with E-state index < -0.39 is 0 Å². The Morgan fingerprint density at radius 2 is 2.05 bits per heavy atom. The van der Waals surface area contributed by atoms with Crippen molar-refractivity contribution in [2.75, 3.05) is 5.32 Å². The van der Waals surface area contributed by atoms with Crippen LogP contribution >= 0.6 is 11.6 Å². The van der Waals surface area contributed by atoms with Crippen LogP contribution in [0.1, 0.15) is 38.2 Å². The summed E-state index contributed by atoms with van der Waals surface area (Å²) >= 11 is 6.12. The fourth-order valence-corrected chi connectivity index (χ4v) is 2.62. The van der Waals surface area contributed by atoms with Crippen molar-refractivity contribution >= 4 is 23.2 Å². The van der Waals surface area contributed by atoms with Crippen LogP contribution in [0.25, 0.3) is 0 Å². The summed E-state index contributed by atoms with van der Waals surface area (Å²) in [5.74, 6) is 0.0458. The van der Waals surface area contributed by atoms with Gasteiger partial charge in [0.15, 0.2) is 0 Å². The minimum Gasteiger partial charge on any atom is -0.373 e. The fraction of sp³-hybridized carbons (Fsp3) is 0.533. The van der Waals surface area contributed by atoms with Gasteiger partial charge in [-0.15, -0.1) is 0 Å². The van der Waals surface area contributed by atoms with Crippen molar-refractivity contribution < 1.29 is 4.79 Å². The zero-order chi connectivity index (χ0) is 13.8. The van der Waals surface area contributed by atoms with Gasteiger partial charge >= 0.3 is 0 Å². The van der Waals surface area contributed by atoms with E-state index in [2.05, 4.69) is 10.6 Å². The molecule has 3 nitrogen and oxygen atoms in total. The van der Waals surface area contributed by atoms with E-state index in [0.29, 0.717) is 11.1 Å². The molecule has 1 atom stereocenters. The van der Waals surface area contributed by atoms with Gasteiger partial charge in [-0.2, -0.15) is 0 Å². The van der Waals surface area contributed by atoms with Gasteiger partial charge in [0.05, 0.1) is 10.7 Å². The summed E-state index contributed by atoms with van der Waals surface area (Å²) in [6.07, 6.45) is 4.64. The second kappa shape index (κ2) is 6.29. The van der Waals surface area contributed by atoms with E-state index >= 15 is 0 Å². The minimum absolute atomic E-state index is 0.0458. The lowest BCUT2D eigenvalue weighted by molar-refractivity contribution is -0.122. The van der Waals surface area contributed by atoms with Gasteiger partial charge in [-0.25, -0.2) is 0 Å². The van der Waals surface area contributed by atoms with Crippen LogP contribution in [-0.2, 0) is 4.79 Å². The fourth-order valence-electron chi connectivity index (χ4n) is 2.44. The Hall–Kier alpha value is -1.22. The van der Waals surface area contributed by atoms with Crippen molar-refractivity contribution in [2.45, 2.75) is 51.6 Å². The second-order valence-corrected chi connectivity index (χ2v) is 5.75. The number of hydrogen-bond donors (Lipinski definition) is 2. The highest BCUT2D eigenvalue weighted by Crippen LogP contribution is 2.23. The number of amides is 1. The van der Waals surface area contributed by atoms with E-state index in [1.165, 1.54) is 12.8 Å². The summed E-state index contributed by atoms with van der Waals surface area (Å²) in [5.41, 5.74) is 1.94. The maximum atomic E-state index is 12.1. The molecular weight excluding hydrogens is 260 g/mol. The predicted octanol–water partition coefficient (Wildman–Crippen LogP) is 3.51. The molecular formula is C15H21ClN2O. The quantitative estimate of drug-likeness (QED) is 0.886.